The third-order valence-electron chi connectivity index (χ3n) is 1.76. The summed E-state index contributed by atoms with van der Waals surface area (Å²) in [6.45, 7) is 7.34. The van der Waals surface area contributed by atoms with Crippen LogP contribution in [-0.2, 0) is 10.0 Å². The molecule has 0 amide bonds. The van der Waals surface area contributed by atoms with Crippen LogP contribution in [0.4, 0.5) is 0 Å². The Morgan fingerprint density at radius 2 is 2.00 bits per heavy atom. The Morgan fingerprint density at radius 3 is 2.27 bits per heavy atom. The molecule has 3 nitrogen and oxygen atoms in total. The van der Waals surface area contributed by atoms with E-state index >= 15 is 0 Å². The van der Waals surface area contributed by atoms with Crippen LogP contribution in [0.5, 0.6) is 0 Å². The van der Waals surface area contributed by atoms with Crippen LogP contribution in [0, 0.1) is 11.8 Å². The van der Waals surface area contributed by atoms with E-state index < -0.39 is 10.0 Å². The van der Waals surface area contributed by atoms with Crippen LogP contribution in [-0.4, -0.2) is 14.2 Å². The van der Waals surface area contributed by atoms with Crippen LogP contribution in [0.2, 0.25) is 0 Å². The van der Waals surface area contributed by atoms with Gasteiger partial charge in [-0.15, -0.1) is 6.58 Å². The van der Waals surface area contributed by atoms with Crippen LogP contribution >= 0.6 is 0 Å². The van der Waals surface area contributed by atoms with Gasteiger partial charge >= 0.3 is 0 Å². The second kappa shape index (κ2) is 3.88. The van der Waals surface area contributed by atoms with Crippen molar-refractivity contribution < 1.29 is 8.42 Å². The summed E-state index contributed by atoms with van der Waals surface area (Å²) in [5, 5.41) is 4.87. The van der Waals surface area contributed by atoms with E-state index in [-0.39, 0.29) is 17.6 Å². The van der Waals surface area contributed by atoms with Gasteiger partial charge in [0.05, 0.1) is 5.75 Å². The molecule has 0 aliphatic heterocycles. The van der Waals surface area contributed by atoms with Crippen LogP contribution in [0.25, 0.3) is 0 Å². The van der Waals surface area contributed by atoms with E-state index in [2.05, 4.69) is 6.58 Å². The fourth-order valence-corrected chi connectivity index (χ4v) is 1.79. The molecule has 0 saturated carbocycles. The molecular weight excluding hydrogens is 162 g/mol. The molecule has 0 rings (SSSR count). The Kier molecular flexibility index (Phi) is 3.75. The molecule has 66 valence electrons. The maximum absolute atomic E-state index is 10.6. The summed E-state index contributed by atoms with van der Waals surface area (Å²) in [7, 11) is -3.33. The molecule has 0 radical (unpaired) electrons. The van der Waals surface area contributed by atoms with Crippen molar-refractivity contribution in [2.24, 2.45) is 17.0 Å². The number of nitrogens with two attached hydrogens (primary N) is 1. The molecule has 11 heavy (non-hydrogen) atoms. The highest BCUT2D eigenvalue weighted by Gasteiger charge is 2.14. The minimum atomic E-state index is -3.33. The fourth-order valence-electron chi connectivity index (χ4n) is 0.751. The maximum Gasteiger partial charge on any atom is 0.209 e. The lowest BCUT2D eigenvalue weighted by molar-refractivity contribution is 0.495. The predicted molar refractivity (Wildman–Crippen MR) is 46.5 cm³/mol. The van der Waals surface area contributed by atoms with E-state index in [1.54, 1.807) is 6.08 Å². The van der Waals surface area contributed by atoms with Gasteiger partial charge in [0.1, 0.15) is 0 Å². The number of allylic oxidation sites excluding steroid dienone is 1. The number of hydrogen-bond donors (Lipinski definition) is 1. The van der Waals surface area contributed by atoms with Crippen molar-refractivity contribution in [3.63, 3.8) is 0 Å². The zero-order chi connectivity index (χ0) is 9.07. The molecule has 2 N–H and O–H groups in total. The van der Waals surface area contributed by atoms with Crippen molar-refractivity contribution in [3.05, 3.63) is 12.7 Å². The molecular formula is C7H15NO2S. The van der Waals surface area contributed by atoms with Gasteiger partial charge in [-0.25, -0.2) is 13.6 Å². The summed E-state index contributed by atoms with van der Waals surface area (Å²) in [5.74, 6) is 0.260. The summed E-state index contributed by atoms with van der Waals surface area (Å²) in [5.41, 5.74) is 0. The van der Waals surface area contributed by atoms with Gasteiger partial charge in [0, 0.05) is 0 Å². The van der Waals surface area contributed by atoms with E-state index in [1.165, 1.54) is 0 Å². The lowest BCUT2D eigenvalue weighted by Gasteiger charge is -2.13. The van der Waals surface area contributed by atoms with Crippen LogP contribution in [0.1, 0.15) is 13.8 Å². The third kappa shape index (κ3) is 4.98. The fraction of sp³-hybridized carbons (Fsp3) is 0.714. The van der Waals surface area contributed by atoms with Crippen molar-refractivity contribution in [1.29, 1.82) is 0 Å². The molecule has 0 aliphatic carbocycles. The van der Waals surface area contributed by atoms with E-state index in [0.29, 0.717) is 0 Å². The molecule has 0 aliphatic rings. The van der Waals surface area contributed by atoms with Gasteiger partial charge in [0.25, 0.3) is 0 Å². The van der Waals surface area contributed by atoms with Gasteiger partial charge in [-0.3, -0.25) is 0 Å². The Labute approximate surface area is 68.3 Å². The lowest BCUT2D eigenvalue weighted by atomic mass is 9.99. The Hall–Kier alpha value is -0.350. The first-order valence-corrected chi connectivity index (χ1v) is 5.21. The average molecular weight is 177 g/mol. The Balaban J connectivity index is 4.08. The van der Waals surface area contributed by atoms with Crippen molar-refractivity contribution in [2.45, 2.75) is 13.8 Å². The average Bonchev–Trinajstić information content (AvgIpc) is 1.82. The predicted octanol–water partition coefficient (Wildman–Crippen LogP) is 0.733. The van der Waals surface area contributed by atoms with Crippen molar-refractivity contribution in [3.8, 4) is 0 Å². The minimum Gasteiger partial charge on any atom is -0.229 e. The highest BCUT2D eigenvalue weighted by molar-refractivity contribution is 7.89. The van der Waals surface area contributed by atoms with Crippen LogP contribution in [0.3, 0.4) is 0 Å². The molecule has 0 heterocycles. The van der Waals surface area contributed by atoms with E-state index in [0.717, 1.165) is 0 Å². The zero-order valence-electron chi connectivity index (χ0n) is 6.95. The maximum atomic E-state index is 10.6. The second-order valence-corrected chi connectivity index (χ2v) is 4.56. The van der Waals surface area contributed by atoms with Crippen molar-refractivity contribution >= 4 is 10.0 Å². The topological polar surface area (TPSA) is 60.2 Å². The van der Waals surface area contributed by atoms with Gasteiger partial charge in [0.2, 0.25) is 10.0 Å². The smallest absolute Gasteiger partial charge is 0.209 e. The first-order chi connectivity index (χ1) is 4.87. The Morgan fingerprint density at radius 1 is 1.55 bits per heavy atom. The largest absolute Gasteiger partial charge is 0.229 e. The summed E-state index contributed by atoms with van der Waals surface area (Å²) in [6, 6.07) is 0. The molecule has 0 aromatic rings. The standard InChI is InChI=1S/C7H15NO2S/c1-4-6(2)7(3)5-11(8,9)10/h4,6-7H,1,5H2,2-3H3,(H2,8,9,10)/t6-,7+/m1/s1. The lowest BCUT2D eigenvalue weighted by Crippen LogP contribution is -2.24. The highest BCUT2D eigenvalue weighted by Crippen LogP contribution is 2.12. The van der Waals surface area contributed by atoms with Crippen molar-refractivity contribution in [1.82, 2.24) is 0 Å². The summed E-state index contributed by atoms with van der Waals surface area (Å²) in [6.07, 6.45) is 1.73. The normalized spacial score (nSPS) is 17.4. The number of rotatable bonds is 4. The van der Waals surface area contributed by atoms with Gasteiger partial charge in [-0.05, 0) is 11.8 Å². The van der Waals surface area contributed by atoms with Crippen LogP contribution in [0.15, 0.2) is 12.7 Å². The quantitative estimate of drug-likeness (QED) is 0.644. The first-order valence-electron chi connectivity index (χ1n) is 3.50. The number of hydrogen-bond acceptors (Lipinski definition) is 2. The van der Waals surface area contributed by atoms with E-state index in [4.69, 9.17) is 5.14 Å². The summed E-state index contributed by atoms with van der Waals surface area (Å²) >= 11 is 0. The number of primary sulfonamides is 1. The molecule has 0 fully saturated rings. The highest BCUT2D eigenvalue weighted by atomic mass is 32.2. The molecule has 0 saturated heterocycles. The number of sulfonamides is 1. The van der Waals surface area contributed by atoms with Gasteiger partial charge < -0.3 is 0 Å². The third-order valence-corrected chi connectivity index (χ3v) is 2.75. The van der Waals surface area contributed by atoms with Gasteiger partial charge in [-0.2, -0.15) is 0 Å². The summed E-state index contributed by atoms with van der Waals surface area (Å²) in [4.78, 5) is 0. The SMILES string of the molecule is C=C[C@@H](C)[C@@H](C)CS(N)(=O)=O. The molecule has 0 unspecified atom stereocenters. The molecule has 2 atom stereocenters. The molecule has 4 heteroatoms. The molecule has 0 aromatic heterocycles. The Bertz CT molecular complexity index is 221. The molecule has 0 bridgehead atoms. The van der Waals surface area contributed by atoms with Gasteiger partial charge in [-0.1, -0.05) is 19.9 Å². The van der Waals surface area contributed by atoms with Crippen LogP contribution < -0.4 is 5.14 Å². The van der Waals surface area contributed by atoms with E-state index in [1.807, 2.05) is 13.8 Å². The molecule has 0 spiro atoms. The monoisotopic (exact) mass is 177 g/mol. The minimum absolute atomic E-state index is 0.0280. The zero-order valence-corrected chi connectivity index (χ0v) is 7.76. The van der Waals surface area contributed by atoms with E-state index in [9.17, 15) is 8.42 Å². The second-order valence-electron chi connectivity index (χ2n) is 2.90. The van der Waals surface area contributed by atoms with Crippen molar-refractivity contribution in [2.75, 3.05) is 5.75 Å². The van der Waals surface area contributed by atoms with Gasteiger partial charge in [0.15, 0.2) is 0 Å². The molecule has 0 aromatic carbocycles. The summed E-state index contributed by atoms with van der Waals surface area (Å²) < 4.78 is 21.2. The first kappa shape index (κ1) is 10.7.